The minimum absolute atomic E-state index is 0.397. The fraction of sp³-hybridized carbons (Fsp3) is 0.312. The molecule has 0 saturated carbocycles. The van der Waals surface area contributed by atoms with Gasteiger partial charge in [-0.05, 0) is 36.6 Å². The summed E-state index contributed by atoms with van der Waals surface area (Å²) in [7, 11) is 0. The molecule has 0 amide bonds. The van der Waals surface area contributed by atoms with Crippen LogP contribution in [0.5, 0.6) is 0 Å². The fourth-order valence-corrected chi connectivity index (χ4v) is 2.41. The van der Waals surface area contributed by atoms with E-state index in [0.29, 0.717) is 11.6 Å². The topological polar surface area (TPSA) is 43.6 Å². The molecule has 23 heavy (non-hydrogen) atoms. The Morgan fingerprint density at radius 3 is 2.52 bits per heavy atom. The van der Waals surface area contributed by atoms with Gasteiger partial charge < -0.3 is 0 Å². The number of hydrogen-bond acceptors (Lipinski definition) is 3. The van der Waals surface area contributed by atoms with Crippen LogP contribution in [0, 0.1) is 5.92 Å². The predicted octanol–water partition coefficient (Wildman–Crippen LogP) is 4.03. The van der Waals surface area contributed by atoms with Crippen LogP contribution in [0.2, 0.25) is 0 Å². The maximum absolute atomic E-state index is 12.6. The largest absolute Gasteiger partial charge is 0.433 e. The standard InChI is InChI=1S/C16H15F3N4/c1-10(2)8-12-15-13(4-3-7-20-15)23(22-12)11-5-6-14(21-9-11)16(17,18)19/h3-7,9-10H,8H2,1-2H3. The molecule has 0 unspecified atom stereocenters. The van der Waals surface area contributed by atoms with Crippen molar-refractivity contribution >= 4 is 11.0 Å². The SMILES string of the molecule is CC(C)Cc1nn(-c2ccc(C(F)(F)F)nc2)c2cccnc12. The van der Waals surface area contributed by atoms with Crippen LogP contribution in [0.15, 0.2) is 36.7 Å². The van der Waals surface area contributed by atoms with Crippen molar-refractivity contribution in [2.45, 2.75) is 26.4 Å². The molecule has 4 nitrogen and oxygen atoms in total. The van der Waals surface area contributed by atoms with Crippen molar-refractivity contribution in [3.8, 4) is 5.69 Å². The van der Waals surface area contributed by atoms with Gasteiger partial charge in [0.25, 0.3) is 0 Å². The van der Waals surface area contributed by atoms with E-state index in [1.54, 1.807) is 16.9 Å². The van der Waals surface area contributed by atoms with Crippen molar-refractivity contribution in [3.05, 3.63) is 48.0 Å². The van der Waals surface area contributed by atoms with Crippen molar-refractivity contribution in [1.82, 2.24) is 19.7 Å². The summed E-state index contributed by atoms with van der Waals surface area (Å²) in [6, 6.07) is 5.95. The summed E-state index contributed by atoms with van der Waals surface area (Å²) in [5, 5.41) is 4.52. The summed E-state index contributed by atoms with van der Waals surface area (Å²) in [5.41, 5.74) is 1.91. The van der Waals surface area contributed by atoms with Gasteiger partial charge in [0, 0.05) is 6.20 Å². The Labute approximate surface area is 131 Å². The fourth-order valence-electron chi connectivity index (χ4n) is 2.41. The molecule has 0 saturated heterocycles. The van der Waals surface area contributed by atoms with Crippen LogP contribution in [-0.4, -0.2) is 19.7 Å². The lowest BCUT2D eigenvalue weighted by Crippen LogP contribution is -2.08. The highest BCUT2D eigenvalue weighted by Gasteiger charge is 2.32. The minimum Gasteiger partial charge on any atom is -0.253 e. The van der Waals surface area contributed by atoms with Gasteiger partial charge in [0.05, 0.1) is 23.1 Å². The number of fused-ring (bicyclic) bond motifs is 1. The number of rotatable bonds is 3. The Bertz CT molecular complexity index is 819. The van der Waals surface area contributed by atoms with E-state index >= 15 is 0 Å². The normalized spacial score (nSPS) is 12.3. The summed E-state index contributed by atoms with van der Waals surface area (Å²) in [6.07, 6.45) is -0.839. The molecule has 0 fully saturated rings. The Kier molecular flexibility index (Phi) is 3.79. The molecule has 3 rings (SSSR count). The lowest BCUT2D eigenvalue weighted by molar-refractivity contribution is -0.141. The molecule has 3 aromatic heterocycles. The van der Waals surface area contributed by atoms with E-state index in [-0.39, 0.29) is 0 Å². The van der Waals surface area contributed by atoms with E-state index in [0.717, 1.165) is 29.2 Å². The van der Waals surface area contributed by atoms with Gasteiger partial charge in [0.2, 0.25) is 0 Å². The average molecular weight is 320 g/mol. The molecule has 0 aliphatic rings. The summed E-state index contributed by atoms with van der Waals surface area (Å²) < 4.78 is 39.5. The highest BCUT2D eigenvalue weighted by molar-refractivity contribution is 5.79. The Hall–Kier alpha value is -2.44. The molecule has 0 N–H and O–H groups in total. The van der Waals surface area contributed by atoms with E-state index in [9.17, 15) is 13.2 Å². The molecule has 7 heteroatoms. The molecule has 0 spiro atoms. The maximum atomic E-state index is 12.6. The van der Waals surface area contributed by atoms with Crippen molar-refractivity contribution in [2.24, 2.45) is 5.92 Å². The second-order valence-corrected chi connectivity index (χ2v) is 5.73. The summed E-state index contributed by atoms with van der Waals surface area (Å²) >= 11 is 0. The van der Waals surface area contributed by atoms with Crippen molar-refractivity contribution in [3.63, 3.8) is 0 Å². The van der Waals surface area contributed by atoms with Crippen LogP contribution in [0.4, 0.5) is 13.2 Å². The number of nitrogens with zero attached hydrogens (tertiary/aromatic N) is 4. The number of hydrogen-bond donors (Lipinski definition) is 0. The number of aromatic nitrogens is 4. The smallest absolute Gasteiger partial charge is 0.253 e. The highest BCUT2D eigenvalue weighted by Crippen LogP contribution is 2.28. The van der Waals surface area contributed by atoms with Crippen LogP contribution in [-0.2, 0) is 12.6 Å². The molecule has 120 valence electrons. The van der Waals surface area contributed by atoms with Gasteiger partial charge in [-0.1, -0.05) is 13.8 Å². The molecule has 3 aromatic rings. The third-order valence-corrected chi connectivity index (χ3v) is 3.39. The molecular weight excluding hydrogens is 305 g/mol. The molecule has 0 radical (unpaired) electrons. The lowest BCUT2D eigenvalue weighted by Gasteiger charge is -2.07. The molecule has 0 bridgehead atoms. The summed E-state index contributed by atoms with van der Waals surface area (Å²) in [6.45, 7) is 4.15. The summed E-state index contributed by atoms with van der Waals surface area (Å²) in [4.78, 5) is 7.85. The number of halogens is 3. The zero-order valence-electron chi connectivity index (χ0n) is 12.7. The number of alkyl halides is 3. The molecule has 0 aliphatic carbocycles. The van der Waals surface area contributed by atoms with Crippen LogP contribution in [0.3, 0.4) is 0 Å². The Morgan fingerprint density at radius 2 is 1.91 bits per heavy atom. The zero-order chi connectivity index (χ0) is 16.6. The van der Waals surface area contributed by atoms with E-state index in [2.05, 4.69) is 28.9 Å². The predicted molar refractivity (Wildman–Crippen MR) is 80.2 cm³/mol. The zero-order valence-corrected chi connectivity index (χ0v) is 12.7. The van der Waals surface area contributed by atoms with Gasteiger partial charge in [-0.25, -0.2) is 9.67 Å². The van der Waals surface area contributed by atoms with Gasteiger partial charge in [-0.3, -0.25) is 4.98 Å². The molecular formula is C16H15F3N4. The third-order valence-electron chi connectivity index (χ3n) is 3.39. The van der Waals surface area contributed by atoms with Crippen LogP contribution >= 0.6 is 0 Å². The number of pyridine rings is 2. The van der Waals surface area contributed by atoms with Crippen molar-refractivity contribution in [2.75, 3.05) is 0 Å². The Morgan fingerprint density at radius 1 is 1.13 bits per heavy atom. The van der Waals surface area contributed by atoms with E-state index in [4.69, 9.17) is 0 Å². The first-order valence-corrected chi connectivity index (χ1v) is 7.22. The molecule has 3 heterocycles. The first kappa shape index (κ1) is 15.5. The minimum atomic E-state index is -4.45. The van der Waals surface area contributed by atoms with Gasteiger partial charge in [-0.2, -0.15) is 18.3 Å². The monoisotopic (exact) mass is 320 g/mol. The first-order chi connectivity index (χ1) is 10.9. The van der Waals surface area contributed by atoms with E-state index < -0.39 is 11.9 Å². The van der Waals surface area contributed by atoms with Gasteiger partial charge >= 0.3 is 6.18 Å². The highest BCUT2D eigenvalue weighted by atomic mass is 19.4. The third kappa shape index (κ3) is 3.04. The second kappa shape index (κ2) is 5.64. The quantitative estimate of drug-likeness (QED) is 0.732. The maximum Gasteiger partial charge on any atom is 0.433 e. The molecule has 0 atom stereocenters. The van der Waals surface area contributed by atoms with Gasteiger partial charge in [-0.15, -0.1) is 0 Å². The van der Waals surface area contributed by atoms with Crippen LogP contribution in [0.25, 0.3) is 16.7 Å². The summed E-state index contributed by atoms with van der Waals surface area (Å²) in [5.74, 6) is 0.397. The Balaban J connectivity index is 2.09. The second-order valence-electron chi connectivity index (χ2n) is 5.73. The van der Waals surface area contributed by atoms with E-state index in [1.165, 1.54) is 12.3 Å². The first-order valence-electron chi connectivity index (χ1n) is 7.22. The molecule has 0 aliphatic heterocycles. The van der Waals surface area contributed by atoms with Gasteiger partial charge in [0.15, 0.2) is 0 Å². The van der Waals surface area contributed by atoms with Crippen LogP contribution in [0.1, 0.15) is 25.2 Å². The van der Waals surface area contributed by atoms with Crippen molar-refractivity contribution < 1.29 is 13.2 Å². The average Bonchev–Trinajstić information content (AvgIpc) is 2.85. The van der Waals surface area contributed by atoms with Crippen LogP contribution < -0.4 is 0 Å². The van der Waals surface area contributed by atoms with Gasteiger partial charge in [0.1, 0.15) is 11.2 Å². The molecule has 0 aromatic carbocycles. The van der Waals surface area contributed by atoms with E-state index in [1.807, 2.05) is 6.07 Å². The van der Waals surface area contributed by atoms with Crippen molar-refractivity contribution in [1.29, 1.82) is 0 Å². The lowest BCUT2D eigenvalue weighted by atomic mass is 10.1.